The zero-order valence-electron chi connectivity index (χ0n) is 8.44. The second-order valence-corrected chi connectivity index (χ2v) is 3.66. The van der Waals surface area contributed by atoms with E-state index in [1.54, 1.807) is 6.26 Å². The van der Waals surface area contributed by atoms with E-state index in [2.05, 4.69) is 22.0 Å². The molecule has 2 rings (SSSR count). The summed E-state index contributed by atoms with van der Waals surface area (Å²) >= 11 is 0. The minimum Gasteiger partial charge on any atom is -0.362 e. The molecule has 0 unspecified atom stereocenters. The minimum absolute atomic E-state index is 0.491. The highest BCUT2D eigenvalue weighted by atomic mass is 16.5. The first-order valence-electron chi connectivity index (χ1n) is 4.88. The monoisotopic (exact) mass is 196 g/mol. The lowest BCUT2D eigenvalue weighted by Gasteiger charge is -2.32. The molecular formula is C9H16N4O. The second-order valence-electron chi connectivity index (χ2n) is 3.66. The third-order valence-electron chi connectivity index (χ3n) is 2.64. The zero-order chi connectivity index (χ0) is 9.97. The molecule has 0 aromatic carbocycles. The van der Waals surface area contributed by atoms with Crippen LogP contribution in [0.25, 0.3) is 0 Å². The van der Waals surface area contributed by atoms with Crippen LogP contribution in [0.15, 0.2) is 10.8 Å². The maximum Gasteiger partial charge on any atom is 0.176 e. The lowest BCUT2D eigenvalue weighted by molar-refractivity contribution is 0.309. The molecule has 0 bridgehead atoms. The third-order valence-corrected chi connectivity index (χ3v) is 2.64. The van der Waals surface area contributed by atoms with Crippen molar-refractivity contribution in [3.05, 3.63) is 11.8 Å². The van der Waals surface area contributed by atoms with Gasteiger partial charge in [0.15, 0.2) is 5.82 Å². The summed E-state index contributed by atoms with van der Waals surface area (Å²) in [5.41, 5.74) is 6.59. The van der Waals surface area contributed by atoms with E-state index in [-0.39, 0.29) is 0 Å². The third kappa shape index (κ3) is 1.73. The van der Waals surface area contributed by atoms with Gasteiger partial charge in [-0.3, -0.25) is 0 Å². The summed E-state index contributed by atoms with van der Waals surface area (Å²) in [5.74, 6) is 0.917. The van der Waals surface area contributed by atoms with Crippen LogP contribution >= 0.6 is 0 Å². The number of rotatable bonds is 2. The molecule has 0 aliphatic carbocycles. The van der Waals surface area contributed by atoms with E-state index in [1.807, 2.05) is 0 Å². The van der Waals surface area contributed by atoms with E-state index in [1.165, 1.54) is 0 Å². The Hall–Kier alpha value is -1.07. The molecule has 1 fully saturated rings. The molecule has 1 aliphatic heterocycles. The normalized spacial score (nSPS) is 18.9. The first kappa shape index (κ1) is 9.48. The van der Waals surface area contributed by atoms with Gasteiger partial charge in [-0.2, -0.15) is 0 Å². The minimum atomic E-state index is 0.491. The van der Waals surface area contributed by atoms with Gasteiger partial charge in [0.25, 0.3) is 0 Å². The maximum absolute atomic E-state index is 5.59. The standard InChI is InChI=1S/C9H16N4O/c1-12-2-4-13(5-3-12)9-8(6-10)7-14-11-9/h7H,2-6,10H2,1H3. The van der Waals surface area contributed by atoms with Crippen LogP contribution in [0.3, 0.4) is 0 Å². The van der Waals surface area contributed by atoms with E-state index >= 15 is 0 Å². The Bertz CT molecular complexity index is 291. The molecule has 1 aromatic rings. The van der Waals surface area contributed by atoms with Gasteiger partial charge in [-0.25, -0.2) is 0 Å². The fraction of sp³-hybridized carbons (Fsp3) is 0.667. The number of nitrogens with two attached hydrogens (primary N) is 1. The first-order chi connectivity index (χ1) is 6.81. The summed E-state index contributed by atoms with van der Waals surface area (Å²) < 4.78 is 4.93. The smallest absolute Gasteiger partial charge is 0.176 e. The van der Waals surface area contributed by atoms with Crippen LogP contribution in [0.4, 0.5) is 5.82 Å². The lowest BCUT2D eigenvalue weighted by Crippen LogP contribution is -2.45. The number of likely N-dealkylation sites (N-methyl/N-ethyl adjacent to an activating group) is 1. The van der Waals surface area contributed by atoms with Crippen molar-refractivity contribution >= 4 is 5.82 Å². The molecule has 0 radical (unpaired) electrons. The van der Waals surface area contributed by atoms with Gasteiger partial charge in [0, 0.05) is 38.3 Å². The van der Waals surface area contributed by atoms with Crippen molar-refractivity contribution < 1.29 is 4.52 Å². The molecular weight excluding hydrogens is 180 g/mol. The molecule has 78 valence electrons. The Morgan fingerprint density at radius 2 is 2.14 bits per heavy atom. The summed E-state index contributed by atoms with van der Waals surface area (Å²) in [5, 5.41) is 3.99. The predicted molar refractivity (Wildman–Crippen MR) is 54.1 cm³/mol. The molecule has 2 heterocycles. The van der Waals surface area contributed by atoms with E-state index < -0.39 is 0 Å². The van der Waals surface area contributed by atoms with Crippen molar-refractivity contribution in [2.75, 3.05) is 38.1 Å². The van der Waals surface area contributed by atoms with Gasteiger partial charge >= 0.3 is 0 Å². The van der Waals surface area contributed by atoms with Gasteiger partial charge in [0.1, 0.15) is 6.26 Å². The highest BCUT2D eigenvalue weighted by Crippen LogP contribution is 2.18. The van der Waals surface area contributed by atoms with E-state index in [0.29, 0.717) is 6.54 Å². The van der Waals surface area contributed by atoms with Crippen LogP contribution in [0.2, 0.25) is 0 Å². The van der Waals surface area contributed by atoms with Crippen molar-refractivity contribution in [2.45, 2.75) is 6.54 Å². The Labute approximate surface area is 83.4 Å². The SMILES string of the molecule is CN1CCN(c2nocc2CN)CC1. The summed E-state index contributed by atoms with van der Waals surface area (Å²) in [6.07, 6.45) is 1.63. The van der Waals surface area contributed by atoms with Crippen LogP contribution in [-0.4, -0.2) is 43.3 Å². The van der Waals surface area contributed by atoms with Crippen LogP contribution in [0.1, 0.15) is 5.56 Å². The number of anilines is 1. The van der Waals surface area contributed by atoms with Crippen LogP contribution in [0, 0.1) is 0 Å². The molecule has 14 heavy (non-hydrogen) atoms. The zero-order valence-corrected chi connectivity index (χ0v) is 8.44. The number of hydrogen-bond donors (Lipinski definition) is 1. The number of aromatic nitrogens is 1. The molecule has 1 aliphatic rings. The van der Waals surface area contributed by atoms with Gasteiger partial charge in [0.2, 0.25) is 0 Å². The summed E-state index contributed by atoms with van der Waals surface area (Å²) in [7, 11) is 2.13. The number of piperazine rings is 1. The average Bonchev–Trinajstić information content (AvgIpc) is 2.67. The molecule has 0 spiro atoms. The predicted octanol–water partition coefficient (Wildman–Crippen LogP) is -0.115. The quantitative estimate of drug-likeness (QED) is 0.715. The van der Waals surface area contributed by atoms with E-state index in [9.17, 15) is 0 Å². The number of hydrogen-bond acceptors (Lipinski definition) is 5. The van der Waals surface area contributed by atoms with Gasteiger partial charge < -0.3 is 20.1 Å². The van der Waals surface area contributed by atoms with Gasteiger partial charge in [0.05, 0.1) is 0 Å². The summed E-state index contributed by atoms with van der Waals surface area (Å²) in [6, 6.07) is 0. The highest BCUT2D eigenvalue weighted by molar-refractivity contribution is 5.45. The van der Waals surface area contributed by atoms with Crippen LogP contribution in [0.5, 0.6) is 0 Å². The van der Waals surface area contributed by atoms with E-state index in [0.717, 1.165) is 37.6 Å². The molecule has 0 atom stereocenters. The summed E-state index contributed by atoms with van der Waals surface area (Å²) in [6.45, 7) is 4.62. The second kappa shape index (κ2) is 3.98. The number of nitrogens with zero attached hydrogens (tertiary/aromatic N) is 3. The first-order valence-corrected chi connectivity index (χ1v) is 4.88. The van der Waals surface area contributed by atoms with Crippen molar-refractivity contribution in [1.82, 2.24) is 10.1 Å². The Balaban J connectivity index is 2.08. The van der Waals surface area contributed by atoms with Gasteiger partial charge in [-0.15, -0.1) is 0 Å². The van der Waals surface area contributed by atoms with Gasteiger partial charge in [-0.1, -0.05) is 5.16 Å². The fourth-order valence-electron chi connectivity index (χ4n) is 1.67. The fourth-order valence-corrected chi connectivity index (χ4v) is 1.67. The molecule has 2 N–H and O–H groups in total. The Kier molecular flexibility index (Phi) is 2.69. The van der Waals surface area contributed by atoms with Crippen molar-refractivity contribution in [3.63, 3.8) is 0 Å². The van der Waals surface area contributed by atoms with Crippen LogP contribution < -0.4 is 10.6 Å². The van der Waals surface area contributed by atoms with Crippen molar-refractivity contribution in [3.8, 4) is 0 Å². The molecule has 1 aromatic heterocycles. The maximum atomic E-state index is 5.59. The van der Waals surface area contributed by atoms with E-state index in [4.69, 9.17) is 10.3 Å². The van der Waals surface area contributed by atoms with Crippen LogP contribution in [-0.2, 0) is 6.54 Å². The molecule has 0 amide bonds. The Morgan fingerprint density at radius 3 is 2.79 bits per heavy atom. The average molecular weight is 196 g/mol. The molecule has 0 saturated carbocycles. The topological polar surface area (TPSA) is 58.5 Å². The molecule has 5 heteroatoms. The summed E-state index contributed by atoms with van der Waals surface area (Å²) in [4.78, 5) is 4.53. The lowest BCUT2D eigenvalue weighted by atomic mass is 10.2. The largest absolute Gasteiger partial charge is 0.362 e. The molecule has 5 nitrogen and oxygen atoms in total. The van der Waals surface area contributed by atoms with Crippen molar-refractivity contribution in [2.24, 2.45) is 5.73 Å². The van der Waals surface area contributed by atoms with Crippen molar-refractivity contribution in [1.29, 1.82) is 0 Å². The molecule has 1 saturated heterocycles. The highest BCUT2D eigenvalue weighted by Gasteiger charge is 2.19. The van der Waals surface area contributed by atoms with Gasteiger partial charge in [-0.05, 0) is 7.05 Å². The Morgan fingerprint density at radius 1 is 1.43 bits per heavy atom.